The summed E-state index contributed by atoms with van der Waals surface area (Å²) in [5, 5.41) is 0.411. The summed E-state index contributed by atoms with van der Waals surface area (Å²) in [6.45, 7) is 5.25. The van der Waals surface area contributed by atoms with Gasteiger partial charge in [-0.1, -0.05) is 30.3 Å². The number of hydrogen-bond donors (Lipinski definition) is 1. The third-order valence-corrected chi connectivity index (χ3v) is 5.68. The average Bonchev–Trinajstić information content (AvgIpc) is 3.10. The van der Waals surface area contributed by atoms with Crippen molar-refractivity contribution in [3.8, 4) is 5.75 Å². The first kappa shape index (κ1) is 23.7. The molecule has 0 amide bonds. The van der Waals surface area contributed by atoms with Crippen molar-refractivity contribution < 1.29 is 28.6 Å². The SMILES string of the molecule is CCOC(=O)c1c(C)n(Cc2ccccc2)c2cc(OC(C)=O)c3c(=O)cc(C(=O)OC)[nH]c3c12. The van der Waals surface area contributed by atoms with Gasteiger partial charge in [0, 0.05) is 36.7 Å². The molecule has 9 nitrogen and oxygen atoms in total. The summed E-state index contributed by atoms with van der Waals surface area (Å²) in [5.74, 6) is -1.94. The molecule has 0 radical (unpaired) electrons. The molecule has 0 unspecified atom stereocenters. The van der Waals surface area contributed by atoms with Crippen molar-refractivity contribution in [3.05, 3.63) is 75.2 Å². The summed E-state index contributed by atoms with van der Waals surface area (Å²) < 4.78 is 17.4. The lowest BCUT2D eigenvalue weighted by Crippen LogP contribution is -2.14. The normalized spacial score (nSPS) is 11.0. The van der Waals surface area contributed by atoms with Gasteiger partial charge in [0.15, 0.2) is 5.43 Å². The van der Waals surface area contributed by atoms with Gasteiger partial charge in [-0.3, -0.25) is 9.59 Å². The molecule has 0 aliphatic heterocycles. The lowest BCUT2D eigenvalue weighted by atomic mass is 10.0. The third-order valence-electron chi connectivity index (χ3n) is 5.68. The van der Waals surface area contributed by atoms with Crippen LogP contribution >= 0.6 is 0 Å². The molecule has 0 aliphatic rings. The Kier molecular flexibility index (Phi) is 6.42. The van der Waals surface area contributed by atoms with Gasteiger partial charge in [0.1, 0.15) is 11.4 Å². The van der Waals surface area contributed by atoms with Crippen LogP contribution in [0.4, 0.5) is 0 Å². The second kappa shape index (κ2) is 9.46. The Morgan fingerprint density at radius 2 is 1.74 bits per heavy atom. The summed E-state index contributed by atoms with van der Waals surface area (Å²) in [4.78, 5) is 53.3. The molecule has 0 aliphatic carbocycles. The van der Waals surface area contributed by atoms with E-state index in [0.717, 1.165) is 11.6 Å². The second-order valence-electron chi connectivity index (χ2n) is 7.90. The highest BCUT2D eigenvalue weighted by Crippen LogP contribution is 2.37. The molecular formula is C26H24N2O7. The number of H-pyrrole nitrogens is 1. The first-order valence-corrected chi connectivity index (χ1v) is 11.0. The van der Waals surface area contributed by atoms with Crippen molar-refractivity contribution in [2.45, 2.75) is 27.3 Å². The lowest BCUT2D eigenvalue weighted by Gasteiger charge is -2.12. The maximum Gasteiger partial charge on any atom is 0.354 e. The Labute approximate surface area is 200 Å². The van der Waals surface area contributed by atoms with E-state index in [1.807, 2.05) is 34.9 Å². The summed E-state index contributed by atoms with van der Waals surface area (Å²) >= 11 is 0. The van der Waals surface area contributed by atoms with E-state index in [-0.39, 0.29) is 34.5 Å². The molecule has 180 valence electrons. The Morgan fingerprint density at radius 1 is 1.03 bits per heavy atom. The van der Waals surface area contributed by atoms with Gasteiger partial charge >= 0.3 is 17.9 Å². The van der Waals surface area contributed by atoms with E-state index >= 15 is 0 Å². The zero-order chi connectivity index (χ0) is 25.3. The molecule has 0 fully saturated rings. The van der Waals surface area contributed by atoms with E-state index in [1.165, 1.54) is 14.0 Å². The standard InChI is InChI=1S/C26H24N2O7/c1-5-34-26(32)21-14(2)28(13-16-9-7-6-8-10-16)18-12-20(35-15(3)29)23-19(30)11-17(25(31)33-4)27-24(23)22(18)21/h6-12H,5,13H2,1-4H3,(H,27,30). The first-order valence-electron chi connectivity index (χ1n) is 11.0. The molecule has 4 aromatic rings. The molecule has 2 aromatic carbocycles. The van der Waals surface area contributed by atoms with E-state index in [0.29, 0.717) is 23.1 Å². The van der Waals surface area contributed by atoms with E-state index in [2.05, 4.69) is 4.98 Å². The number of hydrogen-bond acceptors (Lipinski definition) is 7. The Balaban J connectivity index is 2.18. The Bertz CT molecular complexity index is 1530. The highest BCUT2D eigenvalue weighted by molar-refractivity contribution is 6.18. The number of esters is 3. The quantitative estimate of drug-likeness (QED) is 0.333. The number of rotatable bonds is 6. The van der Waals surface area contributed by atoms with E-state index in [9.17, 15) is 19.2 Å². The van der Waals surface area contributed by atoms with E-state index in [4.69, 9.17) is 14.2 Å². The van der Waals surface area contributed by atoms with Crippen LogP contribution in [0, 0.1) is 6.92 Å². The maximum atomic E-state index is 13.1. The molecular weight excluding hydrogens is 452 g/mol. The van der Waals surface area contributed by atoms with Crippen LogP contribution in [0.2, 0.25) is 0 Å². The van der Waals surface area contributed by atoms with Gasteiger partial charge in [0.2, 0.25) is 0 Å². The third kappa shape index (κ3) is 4.28. The molecule has 35 heavy (non-hydrogen) atoms. The van der Waals surface area contributed by atoms with Crippen molar-refractivity contribution in [2.75, 3.05) is 13.7 Å². The second-order valence-corrected chi connectivity index (χ2v) is 7.90. The Morgan fingerprint density at radius 3 is 2.37 bits per heavy atom. The van der Waals surface area contributed by atoms with Crippen molar-refractivity contribution in [3.63, 3.8) is 0 Å². The predicted octanol–water partition coefficient (Wildman–Crippen LogP) is 3.73. The minimum atomic E-state index is -0.756. The Hall–Kier alpha value is -4.40. The lowest BCUT2D eigenvalue weighted by molar-refractivity contribution is -0.131. The highest BCUT2D eigenvalue weighted by atomic mass is 16.5. The van der Waals surface area contributed by atoms with Crippen LogP contribution in [0.5, 0.6) is 5.75 Å². The van der Waals surface area contributed by atoms with Crippen LogP contribution in [0.15, 0.2) is 47.3 Å². The average molecular weight is 476 g/mol. The smallest absolute Gasteiger partial charge is 0.354 e. The monoisotopic (exact) mass is 476 g/mol. The van der Waals surface area contributed by atoms with Crippen LogP contribution in [-0.2, 0) is 20.8 Å². The molecule has 4 rings (SSSR count). The molecule has 1 N–H and O–H groups in total. The van der Waals surface area contributed by atoms with Gasteiger partial charge in [0.05, 0.1) is 35.7 Å². The number of nitrogens with one attached hydrogen (secondary N) is 1. The van der Waals surface area contributed by atoms with E-state index in [1.54, 1.807) is 19.9 Å². The van der Waals surface area contributed by atoms with Crippen LogP contribution in [-0.4, -0.2) is 41.2 Å². The van der Waals surface area contributed by atoms with Crippen LogP contribution in [0.3, 0.4) is 0 Å². The number of aromatic nitrogens is 2. The summed E-state index contributed by atoms with van der Waals surface area (Å²) in [6, 6.07) is 12.2. The zero-order valence-corrected chi connectivity index (χ0v) is 19.8. The van der Waals surface area contributed by atoms with Gasteiger partial charge < -0.3 is 23.8 Å². The predicted molar refractivity (Wildman–Crippen MR) is 129 cm³/mol. The number of nitrogens with zero attached hydrogens (tertiary/aromatic N) is 1. The van der Waals surface area contributed by atoms with Crippen molar-refractivity contribution >= 4 is 39.7 Å². The summed E-state index contributed by atoms with van der Waals surface area (Å²) in [7, 11) is 1.19. The van der Waals surface area contributed by atoms with Gasteiger partial charge in [-0.05, 0) is 19.4 Å². The molecule has 0 saturated carbocycles. The number of pyridine rings is 1. The number of fused-ring (bicyclic) bond motifs is 3. The zero-order valence-electron chi connectivity index (χ0n) is 19.8. The molecule has 0 atom stereocenters. The minimum absolute atomic E-state index is 0.0138. The molecule has 0 spiro atoms. The maximum absolute atomic E-state index is 13.1. The molecule has 0 bridgehead atoms. The number of ether oxygens (including phenoxy) is 3. The van der Waals surface area contributed by atoms with Crippen molar-refractivity contribution in [2.24, 2.45) is 0 Å². The van der Waals surface area contributed by atoms with Crippen LogP contribution < -0.4 is 10.2 Å². The molecule has 2 heterocycles. The summed E-state index contributed by atoms with van der Waals surface area (Å²) in [5.41, 5.74) is 1.83. The number of carbonyl (C=O) groups excluding carboxylic acids is 3. The fourth-order valence-electron chi connectivity index (χ4n) is 4.23. The van der Waals surface area contributed by atoms with Crippen LogP contribution in [0.1, 0.15) is 46.0 Å². The van der Waals surface area contributed by atoms with E-state index < -0.39 is 23.3 Å². The van der Waals surface area contributed by atoms with Crippen LogP contribution in [0.25, 0.3) is 21.8 Å². The molecule has 0 saturated heterocycles. The molecule has 2 aromatic heterocycles. The van der Waals surface area contributed by atoms with Gasteiger partial charge in [-0.25, -0.2) is 9.59 Å². The van der Waals surface area contributed by atoms with Gasteiger partial charge in [-0.2, -0.15) is 0 Å². The fourth-order valence-corrected chi connectivity index (χ4v) is 4.23. The number of aromatic amines is 1. The summed E-state index contributed by atoms with van der Waals surface area (Å²) in [6.07, 6.45) is 0. The highest BCUT2D eigenvalue weighted by Gasteiger charge is 2.27. The van der Waals surface area contributed by atoms with Crippen molar-refractivity contribution in [1.82, 2.24) is 9.55 Å². The molecule has 9 heteroatoms. The minimum Gasteiger partial charge on any atom is -0.464 e. The number of methoxy groups -OCH3 is 1. The first-order chi connectivity index (χ1) is 16.8. The number of carbonyl (C=O) groups is 3. The van der Waals surface area contributed by atoms with Crippen molar-refractivity contribution in [1.29, 1.82) is 0 Å². The topological polar surface area (TPSA) is 117 Å². The largest absolute Gasteiger partial charge is 0.464 e. The number of benzene rings is 2. The van der Waals surface area contributed by atoms with Gasteiger partial charge in [0.25, 0.3) is 0 Å². The van der Waals surface area contributed by atoms with Gasteiger partial charge in [-0.15, -0.1) is 0 Å². The fraction of sp³-hybridized carbons (Fsp3) is 0.231.